The van der Waals surface area contributed by atoms with E-state index >= 15 is 0 Å². The van der Waals surface area contributed by atoms with Crippen molar-refractivity contribution in [2.75, 3.05) is 0 Å². The second-order valence-electron chi connectivity index (χ2n) is 11.6. The van der Waals surface area contributed by atoms with Gasteiger partial charge in [-0.05, 0) is 77.9 Å². The lowest BCUT2D eigenvalue weighted by molar-refractivity contribution is 1.17. The van der Waals surface area contributed by atoms with E-state index in [0.717, 1.165) is 10.5 Å². The Morgan fingerprint density at radius 3 is 1.73 bits per heavy atom. The molecule has 6 aromatic carbocycles. The molecule has 4 aromatic heterocycles. The first kappa shape index (κ1) is 24.7. The number of rotatable bonds is 3. The third kappa shape index (κ3) is 3.54. The maximum Gasteiger partial charge on any atom is 0.124 e. The minimum Gasteiger partial charge on any atom is -0.309 e. The Hall–Kier alpha value is -5.71. The standard InChI is InChI=1S/C41H25N3S/c1-3-10-28(11-4-1)43-34-16-8-7-14-32(34)39-35(43)21-22-36-40(39)33-20-18-26(24-37(33)44(36)29-12-5-2-6-13-29)27-17-19-30-31-15-9-23-42-41(31)45-38(30)25-27/h1-25H. The highest BCUT2D eigenvalue weighted by atomic mass is 32.1. The molecule has 0 aliphatic rings. The predicted octanol–water partition coefficient (Wildman–Crippen LogP) is 11.3. The van der Waals surface area contributed by atoms with Gasteiger partial charge in [0.15, 0.2) is 0 Å². The number of hydrogen-bond acceptors (Lipinski definition) is 2. The Labute approximate surface area is 262 Å². The van der Waals surface area contributed by atoms with Crippen molar-refractivity contribution in [2.45, 2.75) is 0 Å². The first-order chi connectivity index (χ1) is 22.3. The van der Waals surface area contributed by atoms with Crippen LogP contribution in [-0.2, 0) is 0 Å². The fourth-order valence-electron chi connectivity index (χ4n) is 7.25. The molecule has 0 unspecified atom stereocenters. The van der Waals surface area contributed by atoms with Crippen LogP contribution in [0, 0.1) is 0 Å². The molecule has 0 aliphatic carbocycles. The lowest BCUT2D eigenvalue weighted by atomic mass is 10.0. The lowest BCUT2D eigenvalue weighted by Gasteiger charge is -2.09. The largest absolute Gasteiger partial charge is 0.309 e. The van der Waals surface area contributed by atoms with Gasteiger partial charge in [-0.3, -0.25) is 0 Å². The van der Waals surface area contributed by atoms with E-state index in [9.17, 15) is 0 Å². The molecule has 0 fully saturated rings. The van der Waals surface area contributed by atoms with Gasteiger partial charge < -0.3 is 9.13 Å². The Bertz CT molecular complexity index is 2750. The Morgan fingerprint density at radius 1 is 0.422 bits per heavy atom. The maximum absolute atomic E-state index is 4.61. The zero-order chi connectivity index (χ0) is 29.5. The zero-order valence-electron chi connectivity index (χ0n) is 24.2. The maximum atomic E-state index is 4.61. The summed E-state index contributed by atoms with van der Waals surface area (Å²) in [6.07, 6.45) is 1.88. The van der Waals surface area contributed by atoms with Gasteiger partial charge >= 0.3 is 0 Å². The Balaban J connectivity index is 1.30. The summed E-state index contributed by atoms with van der Waals surface area (Å²) in [5.41, 5.74) is 9.60. The summed E-state index contributed by atoms with van der Waals surface area (Å²) >= 11 is 1.76. The summed E-state index contributed by atoms with van der Waals surface area (Å²) in [5, 5.41) is 7.59. The topological polar surface area (TPSA) is 22.8 Å². The molecule has 3 nitrogen and oxygen atoms in total. The van der Waals surface area contributed by atoms with Gasteiger partial charge in [0.05, 0.1) is 22.1 Å². The highest BCUT2D eigenvalue weighted by molar-refractivity contribution is 7.25. The van der Waals surface area contributed by atoms with Crippen molar-refractivity contribution < 1.29 is 0 Å². The van der Waals surface area contributed by atoms with E-state index in [1.807, 2.05) is 12.3 Å². The molecule has 0 saturated heterocycles. The molecule has 4 heterocycles. The molecule has 0 saturated carbocycles. The van der Waals surface area contributed by atoms with Crippen molar-refractivity contribution in [3.8, 4) is 22.5 Å². The van der Waals surface area contributed by atoms with Crippen molar-refractivity contribution in [1.82, 2.24) is 14.1 Å². The van der Waals surface area contributed by atoms with Gasteiger partial charge in [-0.25, -0.2) is 4.98 Å². The molecule has 0 bridgehead atoms. The minimum absolute atomic E-state index is 1.09. The molecule has 4 heteroatoms. The predicted molar refractivity (Wildman–Crippen MR) is 191 cm³/mol. The van der Waals surface area contributed by atoms with Gasteiger partial charge in [-0.2, -0.15) is 0 Å². The quantitative estimate of drug-likeness (QED) is 0.200. The number of hydrogen-bond donors (Lipinski definition) is 0. The molecule has 10 aromatic rings. The third-order valence-corrected chi connectivity index (χ3v) is 10.3. The number of nitrogens with zero attached hydrogens (tertiary/aromatic N) is 3. The van der Waals surface area contributed by atoms with Gasteiger partial charge in [0, 0.05) is 54.6 Å². The highest BCUT2D eigenvalue weighted by Crippen LogP contribution is 2.43. The van der Waals surface area contributed by atoms with Crippen LogP contribution in [0.2, 0.25) is 0 Å². The molecule has 45 heavy (non-hydrogen) atoms. The number of thiophene rings is 1. The van der Waals surface area contributed by atoms with E-state index in [0.29, 0.717) is 0 Å². The van der Waals surface area contributed by atoms with Crippen LogP contribution in [0.15, 0.2) is 152 Å². The molecule has 0 atom stereocenters. The molecule has 10 rings (SSSR count). The van der Waals surface area contributed by atoms with Crippen molar-refractivity contribution in [3.05, 3.63) is 152 Å². The van der Waals surface area contributed by atoms with Crippen molar-refractivity contribution in [3.63, 3.8) is 0 Å². The third-order valence-electron chi connectivity index (χ3n) is 9.18. The number of benzene rings is 6. The van der Waals surface area contributed by atoms with Crippen molar-refractivity contribution in [2.24, 2.45) is 0 Å². The molecular formula is C41H25N3S. The van der Waals surface area contributed by atoms with Gasteiger partial charge in [0.25, 0.3) is 0 Å². The lowest BCUT2D eigenvalue weighted by Crippen LogP contribution is -1.94. The molecule has 0 N–H and O–H groups in total. The second-order valence-corrected chi connectivity index (χ2v) is 12.6. The van der Waals surface area contributed by atoms with Gasteiger partial charge in [0.1, 0.15) is 4.83 Å². The van der Waals surface area contributed by atoms with E-state index in [1.54, 1.807) is 11.3 Å². The van der Waals surface area contributed by atoms with Gasteiger partial charge in [-0.1, -0.05) is 78.9 Å². The molecular weight excluding hydrogens is 567 g/mol. The summed E-state index contributed by atoms with van der Waals surface area (Å²) < 4.78 is 6.10. The van der Waals surface area contributed by atoms with E-state index in [2.05, 4.69) is 154 Å². The molecule has 210 valence electrons. The SMILES string of the molecule is c1ccc(-n2c3ccccc3c3c4c5ccc(-c6ccc7c(c6)sc6ncccc67)cc5n(-c5ccccc5)c4ccc32)cc1. The number of pyridine rings is 1. The Morgan fingerprint density at radius 2 is 1.00 bits per heavy atom. The summed E-state index contributed by atoms with van der Waals surface area (Å²) in [7, 11) is 0. The van der Waals surface area contributed by atoms with Gasteiger partial charge in [0.2, 0.25) is 0 Å². The van der Waals surface area contributed by atoms with E-state index in [-0.39, 0.29) is 0 Å². The molecule has 0 radical (unpaired) electrons. The number of fused-ring (bicyclic) bond motifs is 10. The van der Waals surface area contributed by atoms with Crippen LogP contribution >= 0.6 is 11.3 Å². The normalized spacial score (nSPS) is 12.0. The van der Waals surface area contributed by atoms with Crippen LogP contribution < -0.4 is 0 Å². The fourth-order valence-corrected chi connectivity index (χ4v) is 8.33. The summed E-state index contributed by atoms with van der Waals surface area (Å²) in [5.74, 6) is 0. The van der Waals surface area contributed by atoms with E-state index in [1.165, 1.54) is 75.9 Å². The summed E-state index contributed by atoms with van der Waals surface area (Å²) in [6, 6.07) is 52.9. The second kappa shape index (κ2) is 9.39. The van der Waals surface area contributed by atoms with Crippen LogP contribution in [0.4, 0.5) is 0 Å². The van der Waals surface area contributed by atoms with Gasteiger partial charge in [-0.15, -0.1) is 11.3 Å². The van der Waals surface area contributed by atoms with E-state index < -0.39 is 0 Å². The zero-order valence-corrected chi connectivity index (χ0v) is 25.0. The first-order valence-electron chi connectivity index (χ1n) is 15.2. The average Bonchev–Trinajstić information content (AvgIpc) is 3.75. The smallest absolute Gasteiger partial charge is 0.124 e. The summed E-state index contributed by atoms with van der Waals surface area (Å²) in [6.45, 7) is 0. The van der Waals surface area contributed by atoms with Crippen LogP contribution in [0.3, 0.4) is 0 Å². The summed E-state index contributed by atoms with van der Waals surface area (Å²) in [4.78, 5) is 5.70. The molecule has 0 amide bonds. The number of aromatic nitrogens is 3. The first-order valence-corrected chi connectivity index (χ1v) is 16.0. The van der Waals surface area contributed by atoms with Crippen LogP contribution in [0.25, 0.3) is 86.4 Å². The highest BCUT2D eigenvalue weighted by Gasteiger charge is 2.21. The van der Waals surface area contributed by atoms with E-state index in [4.69, 9.17) is 0 Å². The van der Waals surface area contributed by atoms with Crippen LogP contribution in [-0.4, -0.2) is 14.1 Å². The van der Waals surface area contributed by atoms with Crippen LogP contribution in [0.1, 0.15) is 0 Å². The average molecular weight is 592 g/mol. The fraction of sp³-hybridized carbons (Fsp3) is 0. The van der Waals surface area contributed by atoms with Crippen LogP contribution in [0.5, 0.6) is 0 Å². The van der Waals surface area contributed by atoms with Crippen molar-refractivity contribution >= 4 is 75.3 Å². The molecule has 0 spiro atoms. The van der Waals surface area contributed by atoms with Crippen molar-refractivity contribution in [1.29, 1.82) is 0 Å². The minimum atomic E-state index is 1.09. The Kier molecular flexibility index (Phi) is 5.16. The molecule has 0 aliphatic heterocycles. The number of para-hydroxylation sites is 3. The monoisotopic (exact) mass is 591 g/mol.